The van der Waals surface area contributed by atoms with E-state index in [1.807, 2.05) is 57.2 Å². The number of hydrogen-bond donors (Lipinski definition) is 3. The smallest absolute Gasteiger partial charge is 0.225 e. The van der Waals surface area contributed by atoms with Crippen molar-refractivity contribution in [1.29, 1.82) is 0 Å². The van der Waals surface area contributed by atoms with E-state index in [9.17, 15) is 5.11 Å². The van der Waals surface area contributed by atoms with Crippen molar-refractivity contribution >= 4 is 40.7 Å². The molecule has 0 aliphatic carbocycles. The topological polar surface area (TPSA) is 70.1 Å². The summed E-state index contributed by atoms with van der Waals surface area (Å²) in [5.74, 6) is 0.933. The summed E-state index contributed by atoms with van der Waals surface area (Å²) in [6.45, 7) is 6.12. The third-order valence-corrected chi connectivity index (χ3v) is 4.15. The molecule has 0 amide bonds. The van der Waals surface area contributed by atoms with E-state index in [1.165, 1.54) is 0 Å². The number of phenols is 1. The number of nitrogens with zero attached hydrogens (tertiary/aromatic N) is 2. The Bertz CT molecular complexity index is 933. The van der Waals surface area contributed by atoms with Crippen LogP contribution < -0.4 is 10.6 Å². The summed E-state index contributed by atoms with van der Waals surface area (Å²) in [6, 6.07) is 14.9. The summed E-state index contributed by atoms with van der Waals surface area (Å²) in [6.07, 6.45) is 0. The van der Waals surface area contributed by atoms with E-state index in [0.717, 1.165) is 11.3 Å². The molecule has 0 fully saturated rings. The Morgan fingerprint density at radius 3 is 2.15 bits per heavy atom. The van der Waals surface area contributed by atoms with Gasteiger partial charge in [-0.05, 0) is 32.9 Å². The summed E-state index contributed by atoms with van der Waals surface area (Å²) >= 11 is 12.0. The first-order valence-corrected chi connectivity index (χ1v) is 9.14. The lowest BCUT2D eigenvalue weighted by atomic mass is 10.1. The first kappa shape index (κ1) is 19.3. The Morgan fingerprint density at radius 1 is 0.926 bits per heavy atom. The second kappa shape index (κ2) is 7.62. The minimum absolute atomic E-state index is 0.147. The first-order chi connectivity index (χ1) is 12.7. The van der Waals surface area contributed by atoms with Gasteiger partial charge in [0, 0.05) is 22.9 Å². The van der Waals surface area contributed by atoms with Gasteiger partial charge < -0.3 is 15.7 Å². The number of benzene rings is 2. The maximum Gasteiger partial charge on any atom is 0.225 e. The van der Waals surface area contributed by atoms with Crippen LogP contribution in [0.1, 0.15) is 20.8 Å². The number of aromatic nitrogens is 2. The number of rotatable bonds is 4. The number of aromatic hydroxyl groups is 1. The van der Waals surface area contributed by atoms with Crippen LogP contribution in [-0.2, 0) is 0 Å². The Labute approximate surface area is 168 Å². The zero-order valence-electron chi connectivity index (χ0n) is 15.2. The molecule has 0 aliphatic heterocycles. The molecule has 0 unspecified atom stereocenters. The van der Waals surface area contributed by atoms with Gasteiger partial charge in [-0.15, -0.1) is 0 Å². The fraction of sp³-hybridized carbons (Fsp3) is 0.200. The molecule has 140 valence electrons. The van der Waals surface area contributed by atoms with Gasteiger partial charge in [0.2, 0.25) is 5.95 Å². The van der Waals surface area contributed by atoms with E-state index in [-0.39, 0.29) is 21.3 Å². The van der Waals surface area contributed by atoms with Crippen molar-refractivity contribution in [2.45, 2.75) is 26.3 Å². The molecule has 3 N–H and O–H groups in total. The van der Waals surface area contributed by atoms with Crippen molar-refractivity contribution < 1.29 is 5.11 Å². The zero-order valence-corrected chi connectivity index (χ0v) is 16.7. The lowest BCUT2D eigenvalue weighted by Crippen LogP contribution is -2.27. The minimum Gasteiger partial charge on any atom is -0.505 e. The Kier molecular flexibility index (Phi) is 5.44. The Balaban J connectivity index is 2.02. The van der Waals surface area contributed by atoms with Crippen molar-refractivity contribution in [1.82, 2.24) is 9.97 Å². The molecule has 2 aromatic carbocycles. The third kappa shape index (κ3) is 5.02. The molecule has 5 nitrogen and oxygen atoms in total. The number of anilines is 3. The quantitative estimate of drug-likeness (QED) is 0.459. The molecule has 7 heteroatoms. The van der Waals surface area contributed by atoms with E-state index in [1.54, 1.807) is 12.1 Å². The van der Waals surface area contributed by atoms with Crippen LogP contribution in [0.25, 0.3) is 11.3 Å². The standard InChI is InChI=1S/C20H20Cl2N4O/c1-20(2,3)26-19-24-16(12-7-5-4-6-8-12)11-17(25-19)23-13-9-14(21)18(27)15(22)10-13/h4-11,27H,1-3H3,(H2,23,24,25,26). The molecular weight excluding hydrogens is 383 g/mol. The summed E-state index contributed by atoms with van der Waals surface area (Å²) in [5.41, 5.74) is 2.16. The van der Waals surface area contributed by atoms with Gasteiger partial charge in [0.1, 0.15) is 5.82 Å². The van der Waals surface area contributed by atoms with Crippen LogP contribution in [-0.4, -0.2) is 20.6 Å². The van der Waals surface area contributed by atoms with Gasteiger partial charge in [0.25, 0.3) is 0 Å². The fourth-order valence-corrected chi connectivity index (χ4v) is 2.93. The van der Waals surface area contributed by atoms with Crippen molar-refractivity contribution in [3.05, 3.63) is 58.6 Å². The molecule has 0 saturated heterocycles. The minimum atomic E-state index is -0.197. The molecule has 0 aliphatic rings. The van der Waals surface area contributed by atoms with Gasteiger partial charge in [-0.3, -0.25) is 0 Å². The van der Waals surface area contributed by atoms with Gasteiger partial charge in [0.05, 0.1) is 15.7 Å². The molecule has 1 aromatic heterocycles. The third-order valence-electron chi connectivity index (χ3n) is 3.57. The van der Waals surface area contributed by atoms with Crippen LogP contribution in [0.2, 0.25) is 10.0 Å². The monoisotopic (exact) mass is 402 g/mol. The van der Waals surface area contributed by atoms with Gasteiger partial charge in [-0.1, -0.05) is 53.5 Å². The molecule has 0 radical (unpaired) electrons. The van der Waals surface area contributed by atoms with Crippen LogP contribution in [0.5, 0.6) is 5.75 Å². The molecule has 0 spiro atoms. The Hall–Kier alpha value is -2.50. The van der Waals surface area contributed by atoms with Gasteiger partial charge in [-0.25, -0.2) is 4.98 Å². The van der Waals surface area contributed by atoms with Gasteiger partial charge in [-0.2, -0.15) is 4.98 Å². The maximum atomic E-state index is 9.73. The van der Waals surface area contributed by atoms with E-state index < -0.39 is 0 Å². The lowest BCUT2D eigenvalue weighted by Gasteiger charge is -2.21. The summed E-state index contributed by atoms with van der Waals surface area (Å²) in [4.78, 5) is 9.16. The second-order valence-corrected chi connectivity index (χ2v) is 7.93. The molecule has 0 saturated carbocycles. The number of phenolic OH excluding ortho intramolecular Hbond substituents is 1. The number of nitrogens with one attached hydrogen (secondary N) is 2. The van der Waals surface area contributed by atoms with E-state index in [2.05, 4.69) is 20.6 Å². The molecular formula is C20H20Cl2N4O. The van der Waals surface area contributed by atoms with Crippen molar-refractivity contribution in [2.24, 2.45) is 0 Å². The van der Waals surface area contributed by atoms with Crippen molar-refractivity contribution in [3.8, 4) is 17.0 Å². The maximum absolute atomic E-state index is 9.73. The highest BCUT2D eigenvalue weighted by Crippen LogP contribution is 2.35. The normalized spacial score (nSPS) is 11.3. The average Bonchev–Trinajstić information content (AvgIpc) is 2.58. The molecule has 0 bridgehead atoms. The van der Waals surface area contributed by atoms with Crippen LogP contribution in [0, 0.1) is 0 Å². The van der Waals surface area contributed by atoms with Crippen molar-refractivity contribution in [3.63, 3.8) is 0 Å². The van der Waals surface area contributed by atoms with Crippen molar-refractivity contribution in [2.75, 3.05) is 10.6 Å². The van der Waals surface area contributed by atoms with Gasteiger partial charge in [0.15, 0.2) is 5.75 Å². The highest BCUT2D eigenvalue weighted by molar-refractivity contribution is 6.37. The van der Waals surface area contributed by atoms with Crippen LogP contribution in [0.15, 0.2) is 48.5 Å². The average molecular weight is 403 g/mol. The molecule has 27 heavy (non-hydrogen) atoms. The number of halogens is 2. The SMILES string of the molecule is CC(C)(C)Nc1nc(Nc2cc(Cl)c(O)c(Cl)c2)cc(-c2ccccc2)n1. The number of hydrogen-bond acceptors (Lipinski definition) is 5. The molecule has 1 heterocycles. The van der Waals surface area contributed by atoms with E-state index in [4.69, 9.17) is 23.2 Å². The predicted octanol–water partition coefficient (Wildman–Crippen LogP) is 6.11. The second-order valence-electron chi connectivity index (χ2n) is 7.12. The largest absolute Gasteiger partial charge is 0.505 e. The highest BCUT2D eigenvalue weighted by Gasteiger charge is 2.14. The highest BCUT2D eigenvalue weighted by atomic mass is 35.5. The fourth-order valence-electron chi connectivity index (χ4n) is 2.44. The van der Waals surface area contributed by atoms with Crippen LogP contribution >= 0.6 is 23.2 Å². The van der Waals surface area contributed by atoms with E-state index in [0.29, 0.717) is 17.5 Å². The molecule has 3 rings (SSSR count). The van der Waals surface area contributed by atoms with E-state index >= 15 is 0 Å². The van der Waals surface area contributed by atoms with Gasteiger partial charge >= 0.3 is 0 Å². The van der Waals surface area contributed by atoms with Crippen LogP contribution in [0.4, 0.5) is 17.5 Å². The van der Waals surface area contributed by atoms with Crippen LogP contribution in [0.3, 0.4) is 0 Å². The molecule has 3 aromatic rings. The Morgan fingerprint density at radius 2 is 1.56 bits per heavy atom. The summed E-state index contributed by atoms with van der Waals surface area (Å²) in [5, 5.41) is 16.5. The zero-order chi connectivity index (χ0) is 19.6. The molecule has 0 atom stereocenters. The lowest BCUT2D eigenvalue weighted by molar-refractivity contribution is 0.476. The summed E-state index contributed by atoms with van der Waals surface area (Å²) < 4.78 is 0. The predicted molar refractivity (Wildman–Crippen MR) is 112 cm³/mol. The first-order valence-electron chi connectivity index (χ1n) is 8.39. The summed E-state index contributed by atoms with van der Waals surface area (Å²) in [7, 11) is 0.